The fraction of sp³-hybridized carbons (Fsp3) is 0.750. The number of allylic oxidation sites excluding steroid dienone is 2. The minimum absolute atomic E-state index is 0.0115. The Balaban J connectivity index is 1.45. The molecule has 1 unspecified atom stereocenters. The van der Waals surface area contributed by atoms with Gasteiger partial charge >= 0.3 is 5.97 Å². The molecule has 3 aliphatic carbocycles. The van der Waals surface area contributed by atoms with Crippen molar-refractivity contribution in [3.05, 3.63) is 18.0 Å². The zero-order chi connectivity index (χ0) is 17.2. The van der Waals surface area contributed by atoms with Crippen LogP contribution in [0.3, 0.4) is 0 Å². The first-order valence-corrected chi connectivity index (χ1v) is 9.79. The number of aromatic amines is 1. The number of nitrogens with zero attached hydrogens (tertiary/aromatic N) is 2. The summed E-state index contributed by atoms with van der Waals surface area (Å²) in [7, 11) is 0. The molecule has 4 aliphatic rings. The molecule has 2 heterocycles. The summed E-state index contributed by atoms with van der Waals surface area (Å²) < 4.78 is 5.78. The largest absolute Gasteiger partial charge is 0.462 e. The van der Waals surface area contributed by atoms with Crippen LogP contribution >= 0.6 is 0 Å². The molecule has 1 aromatic heterocycles. The molecule has 1 saturated heterocycles. The van der Waals surface area contributed by atoms with Crippen LogP contribution in [0.4, 0.5) is 0 Å². The quantitative estimate of drug-likeness (QED) is 0.790. The third-order valence-electron chi connectivity index (χ3n) is 8.20. The van der Waals surface area contributed by atoms with Gasteiger partial charge in [-0.3, -0.25) is 9.89 Å². The van der Waals surface area contributed by atoms with Crippen molar-refractivity contribution in [1.82, 2.24) is 15.4 Å². The first-order valence-electron chi connectivity index (χ1n) is 9.79. The van der Waals surface area contributed by atoms with Crippen molar-refractivity contribution < 1.29 is 9.53 Å². The van der Waals surface area contributed by atoms with E-state index in [4.69, 9.17) is 4.74 Å². The zero-order valence-corrected chi connectivity index (χ0v) is 15.1. The number of fused-ring (bicyclic) bond motifs is 5. The van der Waals surface area contributed by atoms with Gasteiger partial charge in [0.15, 0.2) is 0 Å². The molecule has 0 aromatic carbocycles. The van der Waals surface area contributed by atoms with Crippen LogP contribution in [-0.2, 0) is 9.53 Å². The predicted octanol–water partition coefficient (Wildman–Crippen LogP) is 3.75. The molecule has 0 spiro atoms. The Morgan fingerprint density at radius 3 is 2.88 bits per heavy atom. The van der Waals surface area contributed by atoms with Gasteiger partial charge in [0.25, 0.3) is 0 Å². The minimum atomic E-state index is 0.0115. The lowest BCUT2D eigenvalue weighted by Crippen LogP contribution is -2.56. The Morgan fingerprint density at radius 2 is 2.08 bits per heavy atom. The summed E-state index contributed by atoms with van der Waals surface area (Å²) in [6.45, 7) is 4.83. The number of aromatic nitrogens is 3. The maximum atomic E-state index is 11.8. The smallest absolute Gasteiger partial charge is 0.306 e. The Bertz CT molecular complexity index is 727. The van der Waals surface area contributed by atoms with Gasteiger partial charge in [-0.2, -0.15) is 0 Å². The Hall–Kier alpha value is -1.65. The van der Waals surface area contributed by atoms with Gasteiger partial charge in [0.05, 0.1) is 0 Å². The van der Waals surface area contributed by atoms with Gasteiger partial charge in [0, 0.05) is 18.0 Å². The van der Waals surface area contributed by atoms with Crippen LogP contribution in [0, 0.1) is 28.6 Å². The summed E-state index contributed by atoms with van der Waals surface area (Å²) in [6.07, 6.45) is 11.9. The second kappa shape index (κ2) is 5.18. The third kappa shape index (κ3) is 2.04. The molecule has 1 aromatic rings. The highest BCUT2D eigenvalue weighted by Crippen LogP contribution is 2.65. The van der Waals surface area contributed by atoms with E-state index in [-0.39, 0.29) is 22.9 Å². The van der Waals surface area contributed by atoms with E-state index in [2.05, 4.69) is 35.3 Å². The lowest BCUT2D eigenvalue weighted by atomic mass is 9.47. The van der Waals surface area contributed by atoms with Crippen molar-refractivity contribution in [2.45, 2.75) is 64.9 Å². The summed E-state index contributed by atoms with van der Waals surface area (Å²) in [5.41, 5.74) is 2.81. The first-order chi connectivity index (χ1) is 12.0. The van der Waals surface area contributed by atoms with Crippen molar-refractivity contribution in [1.29, 1.82) is 0 Å². The minimum Gasteiger partial charge on any atom is -0.462 e. The van der Waals surface area contributed by atoms with Gasteiger partial charge in [-0.25, -0.2) is 0 Å². The molecule has 0 amide bonds. The maximum Gasteiger partial charge on any atom is 0.306 e. The van der Waals surface area contributed by atoms with E-state index in [1.165, 1.54) is 24.8 Å². The van der Waals surface area contributed by atoms with Crippen molar-refractivity contribution in [3.8, 4) is 0 Å². The average Bonchev–Trinajstić information content (AvgIpc) is 3.22. The molecule has 3 fully saturated rings. The molecule has 0 radical (unpaired) electrons. The van der Waals surface area contributed by atoms with E-state index in [0.29, 0.717) is 18.3 Å². The lowest BCUT2D eigenvalue weighted by molar-refractivity contribution is -0.189. The molecule has 6 atom stereocenters. The highest BCUT2D eigenvalue weighted by Gasteiger charge is 2.59. The van der Waals surface area contributed by atoms with Crippen LogP contribution in [0.1, 0.15) is 64.5 Å². The Morgan fingerprint density at radius 1 is 1.20 bits per heavy atom. The predicted molar refractivity (Wildman–Crippen MR) is 93.2 cm³/mol. The molecule has 5 nitrogen and oxygen atoms in total. The number of esters is 1. The fourth-order valence-electron chi connectivity index (χ4n) is 6.85. The van der Waals surface area contributed by atoms with E-state index in [9.17, 15) is 4.79 Å². The van der Waals surface area contributed by atoms with Crippen LogP contribution in [-0.4, -0.2) is 27.5 Å². The molecule has 5 heteroatoms. The number of ether oxygens (including phenoxy) is 1. The SMILES string of the molecule is C[C@]12CCC(=O)OC1CC[C@@H]1[C@@H]2CC[C@]2(C)C(c3c[nH]nn3)=CC[C@@H]12. The average molecular weight is 341 g/mol. The molecule has 1 N–H and O–H groups in total. The zero-order valence-electron chi connectivity index (χ0n) is 15.1. The van der Waals surface area contributed by atoms with Gasteiger partial charge in [-0.05, 0) is 67.3 Å². The monoisotopic (exact) mass is 341 g/mol. The molecule has 25 heavy (non-hydrogen) atoms. The van der Waals surface area contributed by atoms with Gasteiger partial charge in [-0.1, -0.05) is 25.1 Å². The number of nitrogens with one attached hydrogen (secondary N) is 1. The molecule has 1 aliphatic heterocycles. The fourth-order valence-corrected chi connectivity index (χ4v) is 6.85. The van der Waals surface area contributed by atoms with Crippen LogP contribution in [0.2, 0.25) is 0 Å². The second-order valence-electron chi connectivity index (χ2n) is 9.11. The maximum absolute atomic E-state index is 11.8. The van der Waals surface area contributed by atoms with Gasteiger partial charge in [0.2, 0.25) is 0 Å². The highest BCUT2D eigenvalue weighted by molar-refractivity contribution is 5.71. The molecule has 5 rings (SSSR count). The van der Waals surface area contributed by atoms with Gasteiger partial charge in [-0.15, -0.1) is 5.10 Å². The summed E-state index contributed by atoms with van der Waals surface area (Å²) >= 11 is 0. The van der Waals surface area contributed by atoms with Crippen molar-refractivity contribution in [3.63, 3.8) is 0 Å². The van der Waals surface area contributed by atoms with Gasteiger partial charge in [0.1, 0.15) is 11.8 Å². The lowest BCUT2D eigenvalue weighted by Gasteiger charge is -2.59. The third-order valence-corrected chi connectivity index (χ3v) is 8.20. The first kappa shape index (κ1) is 15.6. The topological polar surface area (TPSA) is 67.9 Å². The summed E-state index contributed by atoms with van der Waals surface area (Å²) in [6, 6.07) is 0. The Kier molecular flexibility index (Phi) is 3.23. The van der Waals surface area contributed by atoms with E-state index >= 15 is 0 Å². The van der Waals surface area contributed by atoms with Crippen molar-refractivity contribution in [2.75, 3.05) is 0 Å². The molecule has 2 saturated carbocycles. The van der Waals surface area contributed by atoms with Gasteiger partial charge < -0.3 is 4.74 Å². The number of carbonyl (C=O) groups excluding carboxylic acids is 1. The van der Waals surface area contributed by atoms with E-state index in [1.807, 2.05) is 6.20 Å². The number of rotatable bonds is 1. The Labute approximate surface area is 148 Å². The summed E-state index contributed by atoms with van der Waals surface area (Å²) in [4.78, 5) is 11.8. The van der Waals surface area contributed by atoms with E-state index in [0.717, 1.165) is 30.9 Å². The molecule has 0 bridgehead atoms. The number of carbonyl (C=O) groups is 1. The van der Waals surface area contributed by atoms with E-state index < -0.39 is 0 Å². The summed E-state index contributed by atoms with van der Waals surface area (Å²) in [5, 5.41) is 11.1. The molecular weight excluding hydrogens is 314 g/mol. The summed E-state index contributed by atoms with van der Waals surface area (Å²) in [5.74, 6) is 2.12. The van der Waals surface area contributed by atoms with Crippen LogP contribution in [0.5, 0.6) is 0 Å². The van der Waals surface area contributed by atoms with E-state index in [1.54, 1.807) is 0 Å². The number of hydrogen-bond donors (Lipinski definition) is 1. The normalized spacial score (nSPS) is 45.8. The molecule has 134 valence electrons. The standard InChI is InChI=1S/C20H27N3O2/c1-19-9-7-14-12(3-6-17-20(14,2)10-8-18(24)25-17)13(19)4-5-15(19)16-11-21-23-22-16/h5,11-14,17H,3-4,6-10H2,1-2H3,(H,21,22,23)/t12-,13-,14-,17?,19-,20+/m0/s1. The van der Waals surface area contributed by atoms with Crippen molar-refractivity contribution in [2.24, 2.45) is 28.6 Å². The van der Waals surface area contributed by atoms with Crippen molar-refractivity contribution >= 4 is 11.5 Å². The van der Waals surface area contributed by atoms with Crippen LogP contribution < -0.4 is 0 Å². The van der Waals surface area contributed by atoms with Crippen LogP contribution in [0.25, 0.3) is 5.57 Å². The number of H-pyrrole nitrogens is 1. The number of hydrogen-bond acceptors (Lipinski definition) is 4. The highest BCUT2D eigenvalue weighted by atomic mass is 16.5. The molecular formula is C20H27N3O2. The second-order valence-corrected chi connectivity index (χ2v) is 9.11. The van der Waals surface area contributed by atoms with Crippen LogP contribution in [0.15, 0.2) is 12.3 Å².